The molecule has 0 bridgehead atoms. The maximum absolute atomic E-state index is 12.8. The average Bonchev–Trinajstić information content (AvgIpc) is 2.85. The fraction of sp³-hybridized carbons (Fsp3) is 0.269. The molecule has 1 saturated heterocycles. The normalized spacial score (nSPS) is 15.2. The number of piperazine rings is 1. The zero-order chi connectivity index (χ0) is 22.2. The molecule has 2 heterocycles. The highest BCUT2D eigenvalue weighted by Gasteiger charge is 2.20. The van der Waals surface area contributed by atoms with Crippen molar-refractivity contribution in [1.29, 1.82) is 0 Å². The van der Waals surface area contributed by atoms with Crippen LogP contribution in [0.4, 0.5) is 5.82 Å². The molecule has 0 radical (unpaired) electrons. The molecule has 1 atom stereocenters. The first kappa shape index (κ1) is 21.7. The number of aromatic nitrogens is 1. The highest BCUT2D eigenvalue weighted by Crippen LogP contribution is 2.17. The Bertz CT molecular complexity index is 1020. The molecule has 4 rings (SSSR count). The number of amides is 1. The van der Waals surface area contributed by atoms with Crippen LogP contribution in [0.3, 0.4) is 0 Å². The molecular formula is C26H28N4O2. The number of hydrogen-bond donors (Lipinski definition) is 1. The molecule has 6 nitrogen and oxygen atoms in total. The lowest BCUT2D eigenvalue weighted by Gasteiger charge is -2.35. The van der Waals surface area contributed by atoms with Crippen molar-refractivity contribution in [3.8, 4) is 0 Å². The smallest absolute Gasteiger partial charge is 0.252 e. The summed E-state index contributed by atoms with van der Waals surface area (Å²) in [6.45, 7) is 4.54. The number of nitrogens with zero attached hydrogens (tertiary/aromatic N) is 3. The minimum absolute atomic E-state index is 0.260. The van der Waals surface area contributed by atoms with E-state index < -0.39 is 6.04 Å². The van der Waals surface area contributed by atoms with Crippen molar-refractivity contribution in [3.05, 3.63) is 95.7 Å². The van der Waals surface area contributed by atoms with Gasteiger partial charge in [0, 0.05) is 44.5 Å². The molecule has 1 N–H and O–H groups in total. The SMILES string of the molecule is O=CC(Cc1ccccc1)NC(=O)c1ccnc(N2CCN(Cc3ccccc3)CC2)c1. The van der Waals surface area contributed by atoms with E-state index in [1.807, 2.05) is 42.5 Å². The summed E-state index contributed by atoms with van der Waals surface area (Å²) in [4.78, 5) is 33.4. The quantitative estimate of drug-likeness (QED) is 0.559. The fourth-order valence-corrected chi connectivity index (χ4v) is 3.96. The van der Waals surface area contributed by atoms with E-state index in [4.69, 9.17) is 0 Å². The van der Waals surface area contributed by atoms with Crippen molar-refractivity contribution in [3.63, 3.8) is 0 Å². The van der Waals surface area contributed by atoms with E-state index in [2.05, 4.69) is 44.4 Å². The van der Waals surface area contributed by atoms with E-state index in [-0.39, 0.29) is 5.91 Å². The summed E-state index contributed by atoms with van der Waals surface area (Å²) in [5.74, 6) is 0.534. The number of nitrogens with one attached hydrogen (secondary N) is 1. The van der Waals surface area contributed by atoms with Gasteiger partial charge in [-0.1, -0.05) is 60.7 Å². The lowest BCUT2D eigenvalue weighted by Crippen LogP contribution is -2.46. The van der Waals surface area contributed by atoms with Gasteiger partial charge in [0.2, 0.25) is 0 Å². The number of aldehydes is 1. The number of anilines is 1. The third-order valence-corrected chi connectivity index (χ3v) is 5.73. The van der Waals surface area contributed by atoms with Gasteiger partial charge in [0.15, 0.2) is 0 Å². The first-order chi connectivity index (χ1) is 15.7. The monoisotopic (exact) mass is 428 g/mol. The van der Waals surface area contributed by atoms with Gasteiger partial charge < -0.3 is 15.0 Å². The predicted octanol–water partition coefficient (Wildman–Crippen LogP) is 2.94. The summed E-state index contributed by atoms with van der Waals surface area (Å²) in [7, 11) is 0. The van der Waals surface area contributed by atoms with Gasteiger partial charge in [-0.2, -0.15) is 0 Å². The van der Waals surface area contributed by atoms with Crippen LogP contribution in [-0.4, -0.2) is 54.3 Å². The second kappa shape index (κ2) is 10.7. The summed E-state index contributed by atoms with van der Waals surface area (Å²) in [5, 5.41) is 2.83. The number of rotatable bonds is 8. The Morgan fingerprint density at radius 2 is 1.59 bits per heavy atom. The Morgan fingerprint density at radius 1 is 0.938 bits per heavy atom. The molecule has 1 aromatic heterocycles. The average molecular weight is 429 g/mol. The van der Waals surface area contributed by atoms with Gasteiger partial charge in [-0.05, 0) is 29.7 Å². The van der Waals surface area contributed by atoms with Crippen LogP contribution < -0.4 is 10.2 Å². The number of carbonyl (C=O) groups is 2. The minimum atomic E-state index is -0.567. The summed E-state index contributed by atoms with van der Waals surface area (Å²) in [6.07, 6.45) is 2.92. The van der Waals surface area contributed by atoms with E-state index >= 15 is 0 Å². The second-order valence-corrected chi connectivity index (χ2v) is 8.06. The number of pyridine rings is 1. The Hall–Kier alpha value is -3.51. The van der Waals surface area contributed by atoms with Crippen molar-refractivity contribution in [2.24, 2.45) is 0 Å². The van der Waals surface area contributed by atoms with E-state index in [9.17, 15) is 9.59 Å². The Balaban J connectivity index is 1.34. The van der Waals surface area contributed by atoms with Crippen LogP contribution in [0.25, 0.3) is 0 Å². The van der Waals surface area contributed by atoms with Crippen molar-refractivity contribution < 1.29 is 9.59 Å². The van der Waals surface area contributed by atoms with Crippen LogP contribution in [0.15, 0.2) is 79.0 Å². The second-order valence-electron chi connectivity index (χ2n) is 8.06. The van der Waals surface area contributed by atoms with E-state index in [0.717, 1.165) is 50.4 Å². The van der Waals surface area contributed by atoms with Crippen LogP contribution in [0, 0.1) is 0 Å². The van der Waals surface area contributed by atoms with Gasteiger partial charge in [-0.15, -0.1) is 0 Å². The molecule has 3 aromatic rings. The molecule has 32 heavy (non-hydrogen) atoms. The third-order valence-electron chi connectivity index (χ3n) is 5.73. The van der Waals surface area contributed by atoms with Crippen LogP contribution in [0.1, 0.15) is 21.5 Å². The van der Waals surface area contributed by atoms with Crippen molar-refractivity contribution in [2.75, 3.05) is 31.1 Å². The van der Waals surface area contributed by atoms with Crippen LogP contribution in [-0.2, 0) is 17.8 Å². The summed E-state index contributed by atoms with van der Waals surface area (Å²) in [6, 6.07) is 23.1. The zero-order valence-electron chi connectivity index (χ0n) is 18.1. The molecule has 164 valence electrons. The van der Waals surface area contributed by atoms with Crippen LogP contribution in [0.2, 0.25) is 0 Å². The summed E-state index contributed by atoms with van der Waals surface area (Å²) >= 11 is 0. The van der Waals surface area contributed by atoms with Crippen molar-refractivity contribution in [1.82, 2.24) is 15.2 Å². The van der Waals surface area contributed by atoms with E-state index in [0.29, 0.717) is 12.0 Å². The van der Waals surface area contributed by atoms with Gasteiger partial charge in [0.1, 0.15) is 12.1 Å². The lowest BCUT2D eigenvalue weighted by atomic mass is 10.1. The van der Waals surface area contributed by atoms with Crippen LogP contribution >= 0.6 is 0 Å². The molecular weight excluding hydrogens is 400 g/mol. The highest BCUT2D eigenvalue weighted by molar-refractivity contribution is 5.96. The number of hydrogen-bond acceptors (Lipinski definition) is 5. The molecule has 0 aliphatic carbocycles. The van der Waals surface area contributed by atoms with Gasteiger partial charge in [-0.25, -0.2) is 4.98 Å². The fourth-order valence-electron chi connectivity index (χ4n) is 3.96. The Kier molecular flexibility index (Phi) is 7.25. The Morgan fingerprint density at radius 3 is 2.25 bits per heavy atom. The minimum Gasteiger partial charge on any atom is -0.354 e. The molecule has 2 aromatic carbocycles. The highest BCUT2D eigenvalue weighted by atomic mass is 16.2. The predicted molar refractivity (Wildman–Crippen MR) is 126 cm³/mol. The molecule has 1 aliphatic heterocycles. The standard InChI is InChI=1S/C26H28N4O2/c31-20-24(17-21-7-3-1-4-8-21)28-26(32)23-11-12-27-25(18-23)30-15-13-29(14-16-30)19-22-9-5-2-6-10-22/h1-12,18,20,24H,13-17,19H2,(H,28,32). The molecule has 0 saturated carbocycles. The zero-order valence-corrected chi connectivity index (χ0v) is 18.1. The topological polar surface area (TPSA) is 65.5 Å². The first-order valence-electron chi connectivity index (χ1n) is 11.0. The Labute approximate surface area is 188 Å². The first-order valence-corrected chi connectivity index (χ1v) is 11.0. The number of benzene rings is 2. The molecule has 1 fully saturated rings. The van der Waals surface area contributed by atoms with Gasteiger partial charge in [0.25, 0.3) is 5.91 Å². The van der Waals surface area contributed by atoms with Crippen molar-refractivity contribution in [2.45, 2.75) is 19.0 Å². The molecule has 1 aliphatic rings. The molecule has 1 unspecified atom stereocenters. The summed E-state index contributed by atoms with van der Waals surface area (Å²) in [5.41, 5.74) is 2.84. The largest absolute Gasteiger partial charge is 0.354 e. The van der Waals surface area contributed by atoms with Crippen LogP contribution in [0.5, 0.6) is 0 Å². The summed E-state index contributed by atoms with van der Waals surface area (Å²) < 4.78 is 0. The maximum atomic E-state index is 12.8. The van der Waals surface area contributed by atoms with Gasteiger partial charge in [-0.3, -0.25) is 9.69 Å². The van der Waals surface area contributed by atoms with Gasteiger partial charge >= 0.3 is 0 Å². The van der Waals surface area contributed by atoms with Crippen molar-refractivity contribution >= 4 is 18.0 Å². The number of carbonyl (C=O) groups excluding carboxylic acids is 2. The van der Waals surface area contributed by atoms with E-state index in [1.165, 1.54) is 5.56 Å². The third kappa shape index (κ3) is 5.80. The molecule has 0 spiro atoms. The molecule has 6 heteroatoms. The maximum Gasteiger partial charge on any atom is 0.252 e. The van der Waals surface area contributed by atoms with E-state index in [1.54, 1.807) is 12.3 Å². The van der Waals surface area contributed by atoms with Gasteiger partial charge in [0.05, 0.1) is 6.04 Å². The molecule has 1 amide bonds. The lowest BCUT2D eigenvalue weighted by molar-refractivity contribution is -0.109.